The largest absolute Gasteiger partial charge is 0.477 e. The number of carbonyl (C=O) groups excluding carboxylic acids is 2. The molecule has 1 atom stereocenters. The highest BCUT2D eigenvalue weighted by Gasteiger charge is 2.34. The van der Waals surface area contributed by atoms with E-state index < -0.39 is 6.10 Å². The Balaban J connectivity index is 1.42. The van der Waals surface area contributed by atoms with Crippen molar-refractivity contribution >= 4 is 17.5 Å². The predicted octanol–water partition coefficient (Wildman–Crippen LogP) is 2.72. The van der Waals surface area contributed by atoms with E-state index in [2.05, 4.69) is 5.32 Å². The van der Waals surface area contributed by atoms with Gasteiger partial charge in [0, 0.05) is 19.6 Å². The fraction of sp³-hybridized carbons (Fsp3) is 0.391. The second-order valence-electron chi connectivity index (χ2n) is 7.74. The average Bonchev–Trinajstić information content (AvgIpc) is 2.78. The summed E-state index contributed by atoms with van der Waals surface area (Å²) in [6, 6.07) is 13.5. The zero-order valence-electron chi connectivity index (χ0n) is 16.9. The van der Waals surface area contributed by atoms with Crippen molar-refractivity contribution in [2.45, 2.75) is 31.9 Å². The second kappa shape index (κ2) is 9.15. The Labute approximate surface area is 175 Å². The van der Waals surface area contributed by atoms with Crippen molar-refractivity contribution in [3.63, 3.8) is 0 Å². The highest BCUT2D eigenvalue weighted by molar-refractivity contribution is 5.86. The van der Waals surface area contributed by atoms with E-state index in [1.807, 2.05) is 34.1 Å². The Hall–Kier alpha value is -3.09. The third-order valence-electron chi connectivity index (χ3n) is 5.54. The third-order valence-corrected chi connectivity index (χ3v) is 5.54. The second-order valence-corrected chi connectivity index (χ2v) is 7.74. The Bertz CT molecular complexity index is 897. The Morgan fingerprint density at radius 3 is 2.53 bits per heavy atom. The lowest BCUT2D eigenvalue weighted by Crippen LogP contribution is -2.53. The van der Waals surface area contributed by atoms with Crippen molar-refractivity contribution in [1.29, 1.82) is 0 Å². The summed E-state index contributed by atoms with van der Waals surface area (Å²) in [4.78, 5) is 29.3. The maximum atomic E-state index is 13.0. The van der Waals surface area contributed by atoms with Crippen molar-refractivity contribution in [3.05, 3.63) is 59.9 Å². The molecule has 0 radical (unpaired) electrons. The van der Waals surface area contributed by atoms with Crippen molar-refractivity contribution in [2.24, 2.45) is 0 Å². The standard InChI is InChI=1S/C23H26FN3O3/c24-18-10-8-17(9-11-18)14-25-22(28)16-27-15-21(23(29)26-12-4-1-5-13-26)30-20-7-3-2-6-19(20)27/h2-3,6-11,21H,1,4-5,12-16H2,(H,25,28)/t21-/m0/s1. The van der Waals surface area contributed by atoms with Crippen molar-refractivity contribution < 1.29 is 18.7 Å². The molecule has 0 bridgehead atoms. The van der Waals surface area contributed by atoms with E-state index in [0.29, 0.717) is 18.8 Å². The number of ether oxygens (including phenoxy) is 1. The molecule has 1 N–H and O–H groups in total. The first-order valence-corrected chi connectivity index (χ1v) is 10.4. The molecule has 0 aliphatic carbocycles. The van der Waals surface area contributed by atoms with Gasteiger partial charge in [-0.15, -0.1) is 0 Å². The maximum Gasteiger partial charge on any atom is 0.265 e. The summed E-state index contributed by atoms with van der Waals surface area (Å²) in [5.74, 6) is 0.131. The molecular formula is C23H26FN3O3. The van der Waals surface area contributed by atoms with E-state index >= 15 is 0 Å². The van der Waals surface area contributed by atoms with Gasteiger partial charge in [-0.05, 0) is 49.1 Å². The number of halogens is 1. The molecule has 2 aliphatic heterocycles. The number of hydrogen-bond donors (Lipinski definition) is 1. The minimum atomic E-state index is -0.622. The molecule has 2 amide bonds. The molecule has 4 rings (SSSR count). The SMILES string of the molecule is O=C(CN1C[C@@H](C(=O)N2CCCCC2)Oc2ccccc21)NCc1ccc(F)cc1. The molecule has 158 valence electrons. The summed E-state index contributed by atoms with van der Waals surface area (Å²) in [7, 11) is 0. The minimum Gasteiger partial charge on any atom is -0.477 e. The van der Waals surface area contributed by atoms with Gasteiger partial charge in [0.1, 0.15) is 11.6 Å². The molecule has 0 saturated carbocycles. The quantitative estimate of drug-likeness (QED) is 0.822. The summed E-state index contributed by atoms with van der Waals surface area (Å²) in [5, 5.41) is 2.86. The van der Waals surface area contributed by atoms with E-state index in [9.17, 15) is 14.0 Å². The summed E-state index contributed by atoms with van der Waals surface area (Å²) in [6.07, 6.45) is 2.57. The molecule has 30 heavy (non-hydrogen) atoms. The summed E-state index contributed by atoms with van der Waals surface area (Å²) < 4.78 is 19.0. The van der Waals surface area contributed by atoms with Crippen LogP contribution < -0.4 is 15.0 Å². The first-order chi connectivity index (χ1) is 14.6. The lowest BCUT2D eigenvalue weighted by atomic mass is 10.1. The van der Waals surface area contributed by atoms with Crippen LogP contribution in [-0.4, -0.2) is 49.0 Å². The van der Waals surface area contributed by atoms with Gasteiger partial charge in [-0.25, -0.2) is 4.39 Å². The zero-order valence-corrected chi connectivity index (χ0v) is 16.9. The van der Waals surface area contributed by atoms with Gasteiger partial charge >= 0.3 is 0 Å². The van der Waals surface area contributed by atoms with Gasteiger partial charge in [0.05, 0.1) is 18.8 Å². The summed E-state index contributed by atoms with van der Waals surface area (Å²) >= 11 is 0. The fourth-order valence-electron chi connectivity index (χ4n) is 3.94. The first kappa shape index (κ1) is 20.2. The van der Waals surface area contributed by atoms with Crippen LogP contribution in [0.15, 0.2) is 48.5 Å². The van der Waals surface area contributed by atoms with E-state index in [4.69, 9.17) is 4.74 Å². The summed E-state index contributed by atoms with van der Waals surface area (Å²) in [6.45, 7) is 2.29. The van der Waals surface area contributed by atoms with Crippen LogP contribution in [0.4, 0.5) is 10.1 Å². The van der Waals surface area contributed by atoms with Gasteiger partial charge < -0.3 is 19.9 Å². The minimum absolute atomic E-state index is 0.0130. The molecule has 0 spiro atoms. The van der Waals surface area contributed by atoms with Crippen molar-refractivity contribution in [1.82, 2.24) is 10.2 Å². The van der Waals surface area contributed by atoms with Gasteiger partial charge in [-0.3, -0.25) is 9.59 Å². The number of benzene rings is 2. The number of para-hydroxylation sites is 2. The molecule has 2 aromatic carbocycles. The Morgan fingerprint density at radius 2 is 1.77 bits per heavy atom. The molecule has 2 heterocycles. The van der Waals surface area contributed by atoms with E-state index in [1.165, 1.54) is 12.1 Å². The lowest BCUT2D eigenvalue weighted by Gasteiger charge is -2.38. The number of anilines is 1. The number of carbonyl (C=O) groups is 2. The van der Waals surface area contributed by atoms with Crippen LogP contribution in [0.3, 0.4) is 0 Å². The van der Waals surface area contributed by atoms with E-state index in [0.717, 1.165) is 43.6 Å². The van der Waals surface area contributed by atoms with Crippen LogP contribution in [0.1, 0.15) is 24.8 Å². The van der Waals surface area contributed by atoms with E-state index in [1.54, 1.807) is 12.1 Å². The first-order valence-electron chi connectivity index (χ1n) is 10.4. The molecule has 1 fully saturated rings. The molecule has 2 aromatic rings. The molecular weight excluding hydrogens is 385 g/mol. The van der Waals surface area contributed by atoms with Gasteiger partial charge in [0.15, 0.2) is 6.10 Å². The van der Waals surface area contributed by atoms with Gasteiger partial charge in [0.2, 0.25) is 5.91 Å². The number of hydrogen-bond acceptors (Lipinski definition) is 4. The van der Waals surface area contributed by atoms with Gasteiger partial charge in [-0.1, -0.05) is 24.3 Å². The Kier molecular flexibility index (Phi) is 6.16. The number of nitrogens with zero attached hydrogens (tertiary/aromatic N) is 2. The highest BCUT2D eigenvalue weighted by Crippen LogP contribution is 2.33. The predicted molar refractivity (Wildman–Crippen MR) is 112 cm³/mol. The van der Waals surface area contributed by atoms with Gasteiger partial charge in [0.25, 0.3) is 5.91 Å². The van der Waals surface area contributed by atoms with Crippen LogP contribution in [0, 0.1) is 5.82 Å². The monoisotopic (exact) mass is 411 g/mol. The van der Waals surface area contributed by atoms with Crippen LogP contribution in [0.25, 0.3) is 0 Å². The molecule has 0 unspecified atom stereocenters. The van der Waals surface area contributed by atoms with Crippen LogP contribution in [-0.2, 0) is 16.1 Å². The number of piperidine rings is 1. The fourth-order valence-corrected chi connectivity index (χ4v) is 3.94. The molecule has 1 saturated heterocycles. The van der Waals surface area contributed by atoms with Crippen molar-refractivity contribution in [2.75, 3.05) is 31.1 Å². The van der Waals surface area contributed by atoms with E-state index in [-0.39, 0.29) is 24.2 Å². The molecule has 6 nitrogen and oxygen atoms in total. The van der Waals surface area contributed by atoms with Crippen LogP contribution in [0.2, 0.25) is 0 Å². The highest BCUT2D eigenvalue weighted by atomic mass is 19.1. The summed E-state index contributed by atoms with van der Waals surface area (Å²) in [5.41, 5.74) is 1.63. The van der Waals surface area contributed by atoms with Crippen LogP contribution in [0.5, 0.6) is 5.75 Å². The number of fused-ring (bicyclic) bond motifs is 1. The molecule has 2 aliphatic rings. The molecule has 7 heteroatoms. The number of rotatable bonds is 5. The lowest BCUT2D eigenvalue weighted by molar-refractivity contribution is -0.139. The maximum absolute atomic E-state index is 13.0. The smallest absolute Gasteiger partial charge is 0.265 e. The normalized spacial score (nSPS) is 18.4. The van der Waals surface area contributed by atoms with Crippen LogP contribution >= 0.6 is 0 Å². The number of amides is 2. The topological polar surface area (TPSA) is 61.9 Å². The third kappa shape index (κ3) is 4.72. The van der Waals surface area contributed by atoms with Crippen molar-refractivity contribution in [3.8, 4) is 5.75 Å². The average molecular weight is 411 g/mol. The number of nitrogens with one attached hydrogen (secondary N) is 1. The van der Waals surface area contributed by atoms with Gasteiger partial charge in [-0.2, -0.15) is 0 Å². The Morgan fingerprint density at radius 1 is 1.03 bits per heavy atom. The zero-order chi connectivity index (χ0) is 20.9. The number of likely N-dealkylation sites (tertiary alicyclic amines) is 1. The molecule has 0 aromatic heterocycles.